The normalized spacial score (nSPS) is 16.3. The predicted molar refractivity (Wildman–Crippen MR) is 239 cm³/mol. The van der Waals surface area contributed by atoms with Crippen LogP contribution in [-0.2, 0) is 16.2 Å². The minimum absolute atomic E-state index is 0.00129. The number of hydrogen-bond donors (Lipinski definition) is 0. The third kappa shape index (κ3) is 5.14. The Balaban J connectivity index is 0.897. The van der Waals surface area contributed by atoms with E-state index in [1.54, 1.807) is 0 Å². The Hall–Kier alpha value is -6.18. The van der Waals surface area contributed by atoms with Gasteiger partial charge in [-0.15, -0.1) is 0 Å². The van der Waals surface area contributed by atoms with E-state index in [1.165, 1.54) is 83.6 Å². The van der Waals surface area contributed by atoms with Gasteiger partial charge in [-0.1, -0.05) is 175 Å². The molecule has 0 aliphatic heterocycles. The Labute approximate surface area is 332 Å². The molecule has 272 valence electrons. The lowest BCUT2D eigenvalue weighted by molar-refractivity contribution is 0.660. The molecule has 1 heteroatoms. The topological polar surface area (TPSA) is 3.24 Å². The fourth-order valence-corrected chi connectivity index (χ4v) is 10.1. The Morgan fingerprint density at radius 2 is 0.786 bits per heavy atom. The SMILES string of the molecule is CC1(C)C2=C(c3ccccc31)C(C)(C)c1cc(-c3ccc(/C=C/c4ccc(N(c5ccccc5)c5ccc6c(c5)C(C)(C)c5ccccc5-6)cc4)cc3)ccc12. The fraction of sp³-hybridized carbons (Fsp3) is 0.164. The molecule has 10 rings (SSSR count). The molecule has 0 fully saturated rings. The lowest BCUT2D eigenvalue weighted by atomic mass is 9.75. The summed E-state index contributed by atoms with van der Waals surface area (Å²) in [4.78, 5) is 2.37. The molecule has 0 bridgehead atoms. The minimum atomic E-state index is -0.0579. The van der Waals surface area contributed by atoms with Crippen LogP contribution in [0.5, 0.6) is 0 Å². The van der Waals surface area contributed by atoms with Crippen LogP contribution in [-0.4, -0.2) is 0 Å². The molecule has 0 unspecified atom stereocenters. The van der Waals surface area contributed by atoms with Crippen molar-refractivity contribution in [2.45, 2.75) is 57.8 Å². The highest BCUT2D eigenvalue weighted by atomic mass is 15.1. The number of benzene rings is 7. The average molecular weight is 722 g/mol. The first-order valence-corrected chi connectivity index (χ1v) is 20.0. The van der Waals surface area contributed by atoms with Crippen molar-refractivity contribution in [2.75, 3.05) is 4.90 Å². The molecule has 56 heavy (non-hydrogen) atoms. The van der Waals surface area contributed by atoms with E-state index in [9.17, 15) is 0 Å². The molecule has 0 spiro atoms. The summed E-state index contributed by atoms with van der Waals surface area (Å²) in [6, 6.07) is 60.6. The van der Waals surface area contributed by atoms with Gasteiger partial charge < -0.3 is 4.90 Å². The van der Waals surface area contributed by atoms with Crippen molar-refractivity contribution in [3.8, 4) is 22.3 Å². The summed E-state index contributed by atoms with van der Waals surface area (Å²) >= 11 is 0. The smallest absolute Gasteiger partial charge is 0.0465 e. The van der Waals surface area contributed by atoms with Crippen molar-refractivity contribution in [3.05, 3.63) is 208 Å². The summed E-state index contributed by atoms with van der Waals surface area (Å²) in [5.41, 5.74) is 22.4. The van der Waals surface area contributed by atoms with E-state index in [-0.39, 0.29) is 16.2 Å². The van der Waals surface area contributed by atoms with Gasteiger partial charge in [0.2, 0.25) is 0 Å². The van der Waals surface area contributed by atoms with Gasteiger partial charge in [-0.05, 0) is 120 Å². The molecule has 0 saturated heterocycles. The number of anilines is 3. The Morgan fingerprint density at radius 3 is 1.46 bits per heavy atom. The Morgan fingerprint density at radius 1 is 0.339 bits per heavy atom. The molecule has 7 aromatic carbocycles. The maximum Gasteiger partial charge on any atom is 0.0465 e. The molecule has 0 heterocycles. The summed E-state index contributed by atoms with van der Waals surface area (Å²) in [6.45, 7) is 14.3. The maximum absolute atomic E-state index is 2.44. The monoisotopic (exact) mass is 721 g/mol. The van der Waals surface area contributed by atoms with Crippen molar-refractivity contribution < 1.29 is 0 Å². The van der Waals surface area contributed by atoms with Gasteiger partial charge in [-0.25, -0.2) is 0 Å². The summed E-state index contributed by atoms with van der Waals surface area (Å²) in [5, 5.41) is 0. The van der Waals surface area contributed by atoms with Crippen LogP contribution in [0.1, 0.15) is 86.1 Å². The highest BCUT2D eigenvalue weighted by Gasteiger charge is 2.49. The van der Waals surface area contributed by atoms with Gasteiger partial charge in [0.25, 0.3) is 0 Å². The van der Waals surface area contributed by atoms with Gasteiger partial charge in [0, 0.05) is 33.3 Å². The van der Waals surface area contributed by atoms with E-state index >= 15 is 0 Å². The van der Waals surface area contributed by atoms with E-state index in [2.05, 4.69) is 222 Å². The van der Waals surface area contributed by atoms with Gasteiger partial charge in [-0.3, -0.25) is 0 Å². The third-order valence-electron chi connectivity index (χ3n) is 13.0. The number of fused-ring (bicyclic) bond motifs is 7. The number of nitrogens with zero attached hydrogens (tertiary/aromatic N) is 1. The number of hydrogen-bond acceptors (Lipinski definition) is 1. The van der Waals surface area contributed by atoms with E-state index in [0.29, 0.717) is 0 Å². The molecule has 0 atom stereocenters. The van der Waals surface area contributed by atoms with Crippen LogP contribution in [0.4, 0.5) is 17.1 Å². The van der Waals surface area contributed by atoms with Crippen molar-refractivity contribution in [1.29, 1.82) is 0 Å². The quantitative estimate of drug-likeness (QED) is 0.155. The van der Waals surface area contributed by atoms with Gasteiger partial charge in [0.1, 0.15) is 0 Å². The molecule has 3 aliphatic rings. The van der Waals surface area contributed by atoms with E-state index in [0.717, 1.165) is 11.4 Å². The molecule has 0 radical (unpaired) electrons. The standard InChI is InChI=1S/C55H47N/c1-53(2)47-18-12-10-16-43(47)44-33-31-42(35-50(44)53)56(40-14-8-7-9-15-40)41-29-24-37(25-30-41)21-20-36-22-26-38(27-23-36)39-28-32-46-49(34-39)55(5,6)51-45-17-11-13-19-48(45)54(3,4)52(46)51/h7-35H,1-6H3/b21-20+. The Bertz CT molecular complexity index is 2740. The van der Waals surface area contributed by atoms with Crippen molar-refractivity contribution in [3.63, 3.8) is 0 Å². The fourth-order valence-electron chi connectivity index (χ4n) is 10.1. The molecule has 0 aromatic heterocycles. The minimum Gasteiger partial charge on any atom is -0.310 e. The van der Waals surface area contributed by atoms with Crippen LogP contribution in [0, 0.1) is 0 Å². The number of para-hydroxylation sites is 1. The van der Waals surface area contributed by atoms with Crippen LogP contribution in [0.3, 0.4) is 0 Å². The second kappa shape index (κ2) is 12.4. The molecule has 7 aromatic rings. The maximum atomic E-state index is 2.44. The lowest BCUT2D eigenvalue weighted by Gasteiger charge is -2.28. The van der Waals surface area contributed by atoms with Gasteiger partial charge in [-0.2, -0.15) is 0 Å². The summed E-state index contributed by atoms with van der Waals surface area (Å²) in [6.07, 6.45) is 4.43. The Kier molecular flexibility index (Phi) is 7.61. The second-order valence-corrected chi connectivity index (χ2v) is 17.4. The zero-order chi connectivity index (χ0) is 38.4. The summed E-state index contributed by atoms with van der Waals surface area (Å²) in [7, 11) is 0. The van der Waals surface area contributed by atoms with E-state index in [4.69, 9.17) is 0 Å². The number of rotatable bonds is 6. The van der Waals surface area contributed by atoms with E-state index < -0.39 is 0 Å². The van der Waals surface area contributed by atoms with Crippen molar-refractivity contribution in [1.82, 2.24) is 0 Å². The molecule has 1 nitrogen and oxygen atoms in total. The van der Waals surface area contributed by atoms with Gasteiger partial charge in [0.05, 0.1) is 0 Å². The summed E-state index contributed by atoms with van der Waals surface area (Å²) < 4.78 is 0. The van der Waals surface area contributed by atoms with Crippen molar-refractivity contribution in [2.24, 2.45) is 0 Å². The highest BCUT2D eigenvalue weighted by Crippen LogP contribution is 2.62. The predicted octanol–water partition coefficient (Wildman–Crippen LogP) is 14.8. The average Bonchev–Trinajstić information content (AvgIpc) is 3.72. The summed E-state index contributed by atoms with van der Waals surface area (Å²) in [5.74, 6) is 0. The molecule has 0 amide bonds. The van der Waals surface area contributed by atoms with Crippen LogP contribution < -0.4 is 4.90 Å². The molecule has 0 N–H and O–H groups in total. The first-order chi connectivity index (χ1) is 27.0. The lowest BCUT2D eigenvalue weighted by Crippen LogP contribution is -2.19. The molecule has 0 saturated carbocycles. The molecule has 3 aliphatic carbocycles. The first-order valence-electron chi connectivity index (χ1n) is 20.0. The zero-order valence-corrected chi connectivity index (χ0v) is 33.2. The third-order valence-corrected chi connectivity index (χ3v) is 13.0. The largest absolute Gasteiger partial charge is 0.310 e. The second-order valence-electron chi connectivity index (χ2n) is 17.4. The molecular weight excluding hydrogens is 675 g/mol. The highest BCUT2D eigenvalue weighted by molar-refractivity contribution is 6.09. The van der Waals surface area contributed by atoms with Gasteiger partial charge >= 0.3 is 0 Å². The van der Waals surface area contributed by atoms with Crippen LogP contribution in [0.25, 0.3) is 45.6 Å². The van der Waals surface area contributed by atoms with Crippen LogP contribution in [0.2, 0.25) is 0 Å². The van der Waals surface area contributed by atoms with Crippen LogP contribution in [0.15, 0.2) is 164 Å². The van der Waals surface area contributed by atoms with Crippen molar-refractivity contribution >= 4 is 40.4 Å². The first kappa shape index (κ1) is 34.3. The van der Waals surface area contributed by atoms with E-state index in [1.807, 2.05) is 0 Å². The van der Waals surface area contributed by atoms with Gasteiger partial charge in [0.15, 0.2) is 0 Å². The zero-order valence-electron chi connectivity index (χ0n) is 33.2. The number of allylic oxidation sites excluding steroid dienone is 2. The molecular formula is C55H47N. The van der Waals surface area contributed by atoms with Crippen LogP contribution >= 0.6 is 0 Å².